The third-order valence-corrected chi connectivity index (χ3v) is 4.84. The average molecular weight is 362 g/mol. The van der Waals surface area contributed by atoms with Gasteiger partial charge in [-0.25, -0.2) is 4.98 Å². The Labute approximate surface area is 157 Å². The van der Waals surface area contributed by atoms with E-state index in [9.17, 15) is 4.79 Å². The molecule has 1 aliphatic heterocycles. The first-order valence-electron chi connectivity index (χ1n) is 8.99. The summed E-state index contributed by atoms with van der Waals surface area (Å²) in [5.41, 5.74) is 2.51. The molecule has 0 radical (unpaired) electrons. The molecule has 2 N–H and O–H groups in total. The third-order valence-electron chi connectivity index (χ3n) is 4.84. The number of hydrogen-bond donors (Lipinski definition) is 2. The second-order valence-corrected chi connectivity index (χ2v) is 7.07. The van der Waals surface area contributed by atoms with Crippen molar-refractivity contribution in [2.24, 2.45) is 0 Å². The van der Waals surface area contributed by atoms with Crippen molar-refractivity contribution in [1.29, 1.82) is 0 Å². The van der Waals surface area contributed by atoms with E-state index in [2.05, 4.69) is 30.4 Å². The lowest BCUT2D eigenvalue weighted by molar-refractivity contribution is 0.0935. The highest BCUT2D eigenvalue weighted by molar-refractivity contribution is 5.94. The fraction of sp³-hybridized carbons (Fsp3) is 0.300. The standard InChI is InChI=1S/C20H22N6O/c1-13-8-15(10-21-9-13)20(27)22-17-12-26(2)11-16(17)19-23-18(24-25-19)14-6-4-3-5-7-14/h3-10,16-17H,11-12H2,1-2H3,(H,22,27)(H,23,24,25)/t16-,17-/m1/s1. The Morgan fingerprint density at radius 1 is 1.22 bits per heavy atom. The molecule has 1 saturated heterocycles. The summed E-state index contributed by atoms with van der Waals surface area (Å²) in [4.78, 5) is 23.6. The number of amides is 1. The summed E-state index contributed by atoms with van der Waals surface area (Å²) in [7, 11) is 2.04. The van der Waals surface area contributed by atoms with Gasteiger partial charge in [0.15, 0.2) is 5.82 Å². The molecule has 3 heterocycles. The molecule has 1 aromatic carbocycles. The zero-order chi connectivity index (χ0) is 18.8. The maximum absolute atomic E-state index is 12.6. The van der Waals surface area contributed by atoms with Gasteiger partial charge in [-0.2, -0.15) is 5.10 Å². The Morgan fingerprint density at radius 2 is 2.04 bits per heavy atom. The van der Waals surface area contributed by atoms with Crippen molar-refractivity contribution in [3.05, 3.63) is 65.7 Å². The van der Waals surface area contributed by atoms with Crippen LogP contribution in [0.25, 0.3) is 11.4 Å². The third kappa shape index (κ3) is 3.73. The van der Waals surface area contributed by atoms with Crippen LogP contribution in [-0.2, 0) is 0 Å². The summed E-state index contributed by atoms with van der Waals surface area (Å²) in [6.07, 6.45) is 3.33. The molecule has 3 aromatic rings. The van der Waals surface area contributed by atoms with Gasteiger partial charge in [0.05, 0.1) is 17.5 Å². The van der Waals surface area contributed by atoms with Gasteiger partial charge in [-0.15, -0.1) is 0 Å². The van der Waals surface area contributed by atoms with Crippen molar-refractivity contribution in [2.45, 2.75) is 18.9 Å². The monoisotopic (exact) mass is 362 g/mol. The van der Waals surface area contributed by atoms with Crippen LogP contribution in [0.1, 0.15) is 27.7 Å². The number of likely N-dealkylation sites (tertiary alicyclic amines) is 1. The van der Waals surface area contributed by atoms with Gasteiger partial charge >= 0.3 is 0 Å². The molecule has 2 atom stereocenters. The number of aromatic amines is 1. The SMILES string of the molecule is Cc1cncc(C(=O)N[C@@H]2CN(C)C[C@H]2c2nc(-c3ccccc3)n[nH]2)c1. The molecule has 4 rings (SSSR count). The first-order chi connectivity index (χ1) is 13.1. The highest BCUT2D eigenvalue weighted by Gasteiger charge is 2.35. The molecule has 1 fully saturated rings. The molecule has 7 nitrogen and oxygen atoms in total. The Hall–Kier alpha value is -3.06. The first kappa shape index (κ1) is 17.4. The van der Waals surface area contributed by atoms with E-state index < -0.39 is 0 Å². The fourth-order valence-electron chi connectivity index (χ4n) is 3.51. The largest absolute Gasteiger partial charge is 0.347 e. The van der Waals surface area contributed by atoms with E-state index in [0.29, 0.717) is 11.4 Å². The van der Waals surface area contributed by atoms with Crippen molar-refractivity contribution < 1.29 is 4.79 Å². The number of benzene rings is 1. The normalized spacial score (nSPS) is 19.9. The van der Waals surface area contributed by atoms with E-state index in [0.717, 1.165) is 30.0 Å². The Balaban J connectivity index is 1.53. The summed E-state index contributed by atoms with van der Waals surface area (Å²) in [5, 5.41) is 10.6. The number of likely N-dealkylation sites (N-methyl/N-ethyl adjacent to an activating group) is 1. The van der Waals surface area contributed by atoms with Crippen LogP contribution in [0.2, 0.25) is 0 Å². The molecule has 0 bridgehead atoms. The molecule has 2 aromatic heterocycles. The molecule has 1 aliphatic rings. The summed E-state index contributed by atoms with van der Waals surface area (Å²) in [6.45, 7) is 3.49. The summed E-state index contributed by atoms with van der Waals surface area (Å²) in [5.74, 6) is 1.42. The highest BCUT2D eigenvalue weighted by Crippen LogP contribution is 2.26. The van der Waals surface area contributed by atoms with Gasteiger partial charge in [0, 0.05) is 31.0 Å². The van der Waals surface area contributed by atoms with Gasteiger partial charge in [-0.3, -0.25) is 14.9 Å². The molecular formula is C20H22N6O. The van der Waals surface area contributed by atoms with Crippen LogP contribution < -0.4 is 5.32 Å². The topological polar surface area (TPSA) is 86.8 Å². The van der Waals surface area contributed by atoms with Crippen molar-refractivity contribution in [3.8, 4) is 11.4 Å². The molecule has 138 valence electrons. The van der Waals surface area contributed by atoms with Gasteiger partial charge in [0.25, 0.3) is 5.91 Å². The minimum atomic E-state index is -0.112. The maximum atomic E-state index is 12.6. The minimum absolute atomic E-state index is 0.0421. The molecule has 0 aliphatic carbocycles. The molecule has 7 heteroatoms. The molecule has 27 heavy (non-hydrogen) atoms. The average Bonchev–Trinajstić information content (AvgIpc) is 3.29. The number of aromatic nitrogens is 4. The number of H-pyrrole nitrogens is 1. The number of rotatable bonds is 4. The number of carbonyl (C=O) groups excluding carboxylic acids is 1. The highest BCUT2D eigenvalue weighted by atomic mass is 16.1. The second kappa shape index (κ2) is 7.28. The van der Waals surface area contributed by atoms with Crippen molar-refractivity contribution >= 4 is 5.91 Å². The lowest BCUT2D eigenvalue weighted by Gasteiger charge is -2.18. The molecular weight excluding hydrogens is 340 g/mol. The van der Waals surface area contributed by atoms with Crippen LogP contribution in [0.5, 0.6) is 0 Å². The summed E-state index contributed by atoms with van der Waals surface area (Å²) in [6, 6.07) is 11.7. The number of carbonyl (C=O) groups is 1. The van der Waals surface area contributed by atoms with E-state index in [4.69, 9.17) is 0 Å². The molecule has 0 spiro atoms. The van der Waals surface area contributed by atoms with Crippen LogP contribution in [0.4, 0.5) is 0 Å². The van der Waals surface area contributed by atoms with E-state index in [-0.39, 0.29) is 17.9 Å². The van der Waals surface area contributed by atoms with Crippen molar-refractivity contribution in [2.75, 3.05) is 20.1 Å². The van der Waals surface area contributed by atoms with Crippen molar-refractivity contribution in [3.63, 3.8) is 0 Å². The van der Waals surface area contributed by atoms with Gasteiger partial charge in [0.1, 0.15) is 5.82 Å². The van der Waals surface area contributed by atoms with Gasteiger partial charge in [-0.1, -0.05) is 30.3 Å². The quantitative estimate of drug-likeness (QED) is 0.741. The fourth-order valence-corrected chi connectivity index (χ4v) is 3.51. The van der Waals surface area contributed by atoms with Crippen LogP contribution in [-0.4, -0.2) is 57.2 Å². The van der Waals surface area contributed by atoms with Crippen molar-refractivity contribution in [1.82, 2.24) is 30.4 Å². The van der Waals surface area contributed by atoms with Crippen LogP contribution in [0.15, 0.2) is 48.8 Å². The number of pyridine rings is 1. The number of hydrogen-bond acceptors (Lipinski definition) is 5. The summed E-state index contributed by atoms with van der Waals surface area (Å²) < 4.78 is 0. The van der Waals surface area contributed by atoms with Gasteiger partial charge < -0.3 is 10.2 Å². The lowest BCUT2D eigenvalue weighted by Crippen LogP contribution is -2.40. The number of nitrogens with zero attached hydrogens (tertiary/aromatic N) is 4. The van der Waals surface area contributed by atoms with E-state index in [1.165, 1.54) is 0 Å². The number of aryl methyl sites for hydroxylation is 1. The maximum Gasteiger partial charge on any atom is 0.253 e. The van der Waals surface area contributed by atoms with Gasteiger partial charge in [0.2, 0.25) is 0 Å². The molecule has 1 amide bonds. The van der Waals surface area contributed by atoms with Crippen LogP contribution in [0, 0.1) is 6.92 Å². The predicted molar refractivity (Wildman–Crippen MR) is 102 cm³/mol. The Bertz CT molecular complexity index is 938. The van der Waals surface area contributed by atoms with Gasteiger partial charge in [-0.05, 0) is 25.6 Å². The van der Waals surface area contributed by atoms with E-state index in [1.54, 1.807) is 12.4 Å². The zero-order valence-corrected chi connectivity index (χ0v) is 15.4. The van der Waals surface area contributed by atoms with Crippen LogP contribution in [0.3, 0.4) is 0 Å². The predicted octanol–water partition coefficient (Wildman–Crippen LogP) is 2.00. The van der Waals surface area contributed by atoms with E-state index in [1.807, 2.05) is 50.4 Å². The van der Waals surface area contributed by atoms with E-state index >= 15 is 0 Å². The number of nitrogens with one attached hydrogen (secondary N) is 2. The molecule has 0 unspecified atom stereocenters. The zero-order valence-electron chi connectivity index (χ0n) is 15.4. The Morgan fingerprint density at radius 3 is 2.81 bits per heavy atom. The van der Waals surface area contributed by atoms with Crippen LogP contribution >= 0.6 is 0 Å². The second-order valence-electron chi connectivity index (χ2n) is 7.07. The smallest absolute Gasteiger partial charge is 0.253 e. The first-order valence-corrected chi connectivity index (χ1v) is 8.99. The summed E-state index contributed by atoms with van der Waals surface area (Å²) >= 11 is 0. The minimum Gasteiger partial charge on any atom is -0.347 e. The molecule has 0 saturated carbocycles. The lowest BCUT2D eigenvalue weighted by atomic mass is 10.0. The Kier molecular flexibility index (Phi) is 4.68.